The van der Waals surface area contributed by atoms with Gasteiger partial charge in [0.2, 0.25) is 0 Å². The molecule has 6 heteroatoms. The Kier molecular flexibility index (Phi) is 9.05. The highest BCUT2D eigenvalue weighted by Gasteiger charge is 2.36. The molecule has 0 radical (unpaired) electrons. The zero-order chi connectivity index (χ0) is 25.0. The van der Waals surface area contributed by atoms with Crippen LogP contribution < -0.4 is 5.32 Å². The smallest absolute Gasteiger partial charge is 0.337 e. The van der Waals surface area contributed by atoms with Crippen LogP contribution in [-0.2, 0) is 19.1 Å². The first-order valence-corrected chi connectivity index (χ1v) is 11.2. The van der Waals surface area contributed by atoms with E-state index in [0.29, 0.717) is 11.4 Å². The maximum absolute atomic E-state index is 13.1. The number of carbonyl (C=O) groups is 2. The lowest BCUT2D eigenvalue weighted by atomic mass is 9.85. The molecule has 0 aliphatic carbocycles. The minimum absolute atomic E-state index is 0.0439. The summed E-state index contributed by atoms with van der Waals surface area (Å²) in [5, 5.41) is 11.8. The van der Waals surface area contributed by atoms with Gasteiger partial charge in [-0.05, 0) is 37.6 Å². The number of dihydropyridines is 1. The van der Waals surface area contributed by atoms with E-state index in [4.69, 9.17) is 14.7 Å². The Labute approximate surface area is 205 Å². The lowest BCUT2D eigenvalue weighted by molar-refractivity contribution is -0.139. The predicted octanol–water partition coefficient (Wildman–Crippen LogP) is 4.52. The lowest BCUT2D eigenvalue weighted by Crippen LogP contribution is -2.33. The van der Waals surface area contributed by atoms with Crippen LogP contribution in [0.1, 0.15) is 31.4 Å². The van der Waals surface area contributed by atoms with Crippen molar-refractivity contribution in [3.05, 3.63) is 100 Å². The molecule has 176 valence electrons. The molecule has 3 rings (SSSR count). The van der Waals surface area contributed by atoms with Gasteiger partial charge in [-0.25, -0.2) is 9.59 Å². The first-order chi connectivity index (χ1) is 17.0. The predicted molar refractivity (Wildman–Crippen MR) is 133 cm³/mol. The first-order valence-electron chi connectivity index (χ1n) is 11.2. The van der Waals surface area contributed by atoms with Crippen molar-refractivity contribution in [3.8, 4) is 17.9 Å². The minimum atomic E-state index is -0.850. The van der Waals surface area contributed by atoms with E-state index in [2.05, 4.69) is 17.2 Å². The van der Waals surface area contributed by atoms with Gasteiger partial charge in [-0.15, -0.1) is 0 Å². The highest BCUT2D eigenvalue weighted by atomic mass is 16.5. The number of nitriles is 1. The van der Waals surface area contributed by atoms with E-state index in [-0.39, 0.29) is 30.8 Å². The fourth-order valence-corrected chi connectivity index (χ4v) is 3.57. The molecule has 0 aromatic heterocycles. The largest absolute Gasteiger partial charge is 0.461 e. The lowest BCUT2D eigenvalue weighted by Gasteiger charge is -2.27. The van der Waals surface area contributed by atoms with E-state index in [1.165, 1.54) is 0 Å². The van der Waals surface area contributed by atoms with E-state index < -0.39 is 17.9 Å². The average molecular weight is 467 g/mol. The Bertz CT molecular complexity index is 1260. The monoisotopic (exact) mass is 466 g/mol. The van der Waals surface area contributed by atoms with E-state index in [9.17, 15) is 9.59 Å². The van der Waals surface area contributed by atoms with Crippen molar-refractivity contribution < 1.29 is 19.1 Å². The maximum Gasteiger partial charge on any atom is 0.337 e. The molecule has 0 bridgehead atoms. The van der Waals surface area contributed by atoms with Gasteiger partial charge in [0.05, 0.1) is 29.6 Å². The highest BCUT2D eigenvalue weighted by molar-refractivity contribution is 5.99. The summed E-state index contributed by atoms with van der Waals surface area (Å²) < 4.78 is 10.8. The molecule has 1 N–H and O–H groups in total. The molecule has 1 heterocycles. The molecule has 0 fully saturated rings. The highest BCUT2D eigenvalue weighted by Crippen LogP contribution is 2.31. The Balaban J connectivity index is 1.86. The van der Waals surface area contributed by atoms with Gasteiger partial charge in [0, 0.05) is 17.0 Å². The summed E-state index contributed by atoms with van der Waals surface area (Å²) >= 11 is 0. The summed E-state index contributed by atoms with van der Waals surface area (Å²) in [4.78, 5) is 26.1. The Morgan fingerprint density at radius 1 is 0.943 bits per heavy atom. The third-order valence-corrected chi connectivity index (χ3v) is 5.20. The second kappa shape index (κ2) is 12.6. The molecule has 35 heavy (non-hydrogen) atoms. The summed E-state index contributed by atoms with van der Waals surface area (Å²) in [5.41, 5.74) is 3.31. The molecule has 0 saturated heterocycles. The van der Waals surface area contributed by atoms with Crippen LogP contribution in [0.15, 0.2) is 89.3 Å². The normalized spacial score (nSPS) is 15.1. The molecule has 2 aromatic carbocycles. The fraction of sp³-hybridized carbons (Fsp3) is 0.207. The van der Waals surface area contributed by atoms with Gasteiger partial charge in [-0.3, -0.25) is 0 Å². The summed E-state index contributed by atoms with van der Waals surface area (Å²) in [6.07, 6.45) is 3.69. The SMILES string of the molecule is CC1=C(C(=O)OCC=Cc2ccccc2)C(C#Cc2ccccc2)C(C(=O)OCCC#N)=C(C)N1. The van der Waals surface area contributed by atoms with Crippen molar-refractivity contribution in [3.63, 3.8) is 0 Å². The van der Waals surface area contributed by atoms with Crippen LogP contribution in [0.25, 0.3) is 6.08 Å². The second-order valence-electron chi connectivity index (χ2n) is 7.73. The third kappa shape index (κ3) is 6.96. The number of benzene rings is 2. The van der Waals surface area contributed by atoms with Crippen molar-refractivity contribution in [2.24, 2.45) is 5.92 Å². The molecule has 1 unspecified atom stereocenters. The molecule has 2 aromatic rings. The van der Waals surface area contributed by atoms with Gasteiger partial charge in [0.15, 0.2) is 0 Å². The van der Waals surface area contributed by atoms with E-state index in [1.54, 1.807) is 19.9 Å². The number of ether oxygens (including phenoxy) is 2. The Morgan fingerprint density at radius 3 is 2.17 bits per heavy atom. The van der Waals surface area contributed by atoms with Crippen LogP contribution in [0.2, 0.25) is 0 Å². The molecule has 1 aliphatic rings. The van der Waals surface area contributed by atoms with Crippen LogP contribution in [-0.4, -0.2) is 25.2 Å². The number of carbonyl (C=O) groups excluding carboxylic acids is 2. The van der Waals surface area contributed by atoms with Crippen molar-refractivity contribution in [2.45, 2.75) is 20.3 Å². The Hall–Kier alpha value is -4.55. The van der Waals surface area contributed by atoms with Gasteiger partial charge in [-0.1, -0.05) is 66.4 Å². The van der Waals surface area contributed by atoms with E-state index in [0.717, 1.165) is 11.1 Å². The van der Waals surface area contributed by atoms with Crippen LogP contribution in [0, 0.1) is 29.1 Å². The zero-order valence-electron chi connectivity index (χ0n) is 19.7. The van der Waals surface area contributed by atoms with E-state index >= 15 is 0 Å². The molecule has 6 nitrogen and oxygen atoms in total. The number of nitrogens with zero attached hydrogens (tertiary/aromatic N) is 1. The average Bonchev–Trinajstić information content (AvgIpc) is 2.86. The zero-order valence-corrected chi connectivity index (χ0v) is 19.7. The Morgan fingerprint density at radius 2 is 1.54 bits per heavy atom. The molecule has 0 amide bonds. The van der Waals surface area contributed by atoms with E-state index in [1.807, 2.05) is 72.8 Å². The number of rotatable bonds is 7. The minimum Gasteiger partial charge on any atom is -0.461 e. The standard InChI is InChI=1S/C29H26N2O4/c1-21-26(28(32)34-19-9-15-23-11-5-3-6-12-23)25(17-16-24-13-7-4-8-14-24)27(22(2)31-21)29(33)35-20-10-18-30/h3-9,11-15,25,31H,10,19-20H2,1-2H3. The fourth-order valence-electron chi connectivity index (χ4n) is 3.57. The van der Waals surface area contributed by atoms with Crippen LogP contribution in [0.3, 0.4) is 0 Å². The molecule has 1 aliphatic heterocycles. The van der Waals surface area contributed by atoms with Crippen LogP contribution >= 0.6 is 0 Å². The summed E-state index contributed by atoms with van der Waals surface area (Å²) in [6.45, 7) is 3.49. The van der Waals surface area contributed by atoms with Gasteiger partial charge in [0.1, 0.15) is 13.2 Å². The van der Waals surface area contributed by atoms with Crippen molar-refractivity contribution in [2.75, 3.05) is 13.2 Å². The third-order valence-electron chi connectivity index (χ3n) is 5.20. The molecular formula is C29H26N2O4. The summed E-state index contributed by atoms with van der Waals surface area (Å²) in [5.74, 6) is 4.08. The molecular weight excluding hydrogens is 440 g/mol. The molecule has 0 saturated carbocycles. The maximum atomic E-state index is 13.1. The van der Waals surface area contributed by atoms with Gasteiger partial charge in [-0.2, -0.15) is 5.26 Å². The number of hydrogen-bond donors (Lipinski definition) is 1. The van der Waals surface area contributed by atoms with Crippen molar-refractivity contribution >= 4 is 18.0 Å². The van der Waals surface area contributed by atoms with Gasteiger partial charge < -0.3 is 14.8 Å². The number of hydrogen-bond acceptors (Lipinski definition) is 6. The number of nitrogens with one attached hydrogen (secondary N) is 1. The first kappa shape index (κ1) is 25.1. The molecule has 1 atom stereocenters. The van der Waals surface area contributed by atoms with Gasteiger partial charge >= 0.3 is 11.9 Å². The second-order valence-corrected chi connectivity index (χ2v) is 7.73. The topological polar surface area (TPSA) is 88.4 Å². The van der Waals surface area contributed by atoms with Crippen molar-refractivity contribution in [1.29, 1.82) is 5.26 Å². The number of allylic oxidation sites excluding steroid dienone is 2. The van der Waals surface area contributed by atoms with Crippen molar-refractivity contribution in [1.82, 2.24) is 5.32 Å². The summed E-state index contributed by atoms with van der Waals surface area (Å²) in [7, 11) is 0. The van der Waals surface area contributed by atoms with Gasteiger partial charge in [0.25, 0.3) is 0 Å². The van der Waals surface area contributed by atoms with Crippen LogP contribution in [0.5, 0.6) is 0 Å². The quantitative estimate of drug-likeness (QED) is 0.367. The van der Waals surface area contributed by atoms with Crippen LogP contribution in [0.4, 0.5) is 0 Å². The molecule has 0 spiro atoms. The summed E-state index contributed by atoms with van der Waals surface area (Å²) in [6, 6.07) is 20.9. The number of esters is 2.